The maximum Gasteiger partial charge on any atom is 0.407 e. The van der Waals surface area contributed by atoms with E-state index in [9.17, 15) is 9.59 Å². The van der Waals surface area contributed by atoms with Crippen molar-refractivity contribution in [3.63, 3.8) is 0 Å². The van der Waals surface area contributed by atoms with Crippen LogP contribution in [0.15, 0.2) is 11.6 Å². The van der Waals surface area contributed by atoms with Gasteiger partial charge in [-0.1, -0.05) is 65.5 Å². The van der Waals surface area contributed by atoms with Gasteiger partial charge in [0.1, 0.15) is 6.10 Å². The molecule has 3 fully saturated rings. The number of aliphatic hydroxyl groups is 1. The molecule has 0 spiro atoms. The van der Waals surface area contributed by atoms with Crippen molar-refractivity contribution >= 4 is 12.0 Å². The van der Waals surface area contributed by atoms with Crippen LogP contribution >= 0.6 is 0 Å². The number of rotatable bonds is 16. The van der Waals surface area contributed by atoms with Gasteiger partial charge < -0.3 is 26.2 Å². The summed E-state index contributed by atoms with van der Waals surface area (Å²) in [5.74, 6) is 4.85. The molecular formula is C38H67N3O4. The second-order valence-corrected chi connectivity index (χ2v) is 16.3. The summed E-state index contributed by atoms with van der Waals surface area (Å²) in [7, 11) is 0. The lowest BCUT2D eigenvalue weighted by Crippen LogP contribution is -2.51. The first kappa shape index (κ1) is 36.2. The third-order valence-electron chi connectivity index (χ3n) is 13.0. The first-order valence-electron chi connectivity index (χ1n) is 18.8. The van der Waals surface area contributed by atoms with Gasteiger partial charge in [0.2, 0.25) is 5.91 Å². The summed E-state index contributed by atoms with van der Waals surface area (Å²) in [6.45, 7) is 13.7. The van der Waals surface area contributed by atoms with E-state index in [1.54, 1.807) is 5.57 Å². The Morgan fingerprint density at radius 2 is 1.69 bits per heavy atom. The highest BCUT2D eigenvalue weighted by Gasteiger charge is 2.59. The number of aliphatic hydroxyl groups excluding tert-OH is 1. The Morgan fingerprint density at radius 1 is 0.933 bits per heavy atom. The largest absolute Gasteiger partial charge is 0.446 e. The minimum Gasteiger partial charge on any atom is -0.446 e. The molecule has 0 aliphatic heterocycles. The number of allylic oxidation sites excluding steroid dienone is 1. The summed E-state index contributed by atoms with van der Waals surface area (Å²) in [4.78, 5) is 24.7. The lowest BCUT2D eigenvalue weighted by atomic mass is 9.47. The highest BCUT2D eigenvalue weighted by Crippen LogP contribution is 2.67. The van der Waals surface area contributed by atoms with Crippen molar-refractivity contribution in [1.82, 2.24) is 10.6 Å². The maximum atomic E-state index is 12.6. The second kappa shape index (κ2) is 16.5. The average Bonchev–Trinajstić information content (AvgIpc) is 3.36. The molecule has 3 saturated carbocycles. The zero-order chi connectivity index (χ0) is 32.6. The molecule has 7 heteroatoms. The second-order valence-electron chi connectivity index (χ2n) is 16.3. The number of nitrogens with two attached hydrogens (primary N) is 1. The SMILES string of the molecule is CC(C)CCC[C@@H](C)[C@H]1CC[C@H]2[C@@H]3CC=C4C[C@@H](OC(=O)NCCCCC(N)C(=O)NCCCCO)CC[C@]4(C)[C@H]3CC[C@]12C. The van der Waals surface area contributed by atoms with Crippen LogP contribution in [0.5, 0.6) is 0 Å². The first-order chi connectivity index (χ1) is 21.5. The lowest BCUT2D eigenvalue weighted by molar-refractivity contribution is -0.122. The third-order valence-corrected chi connectivity index (χ3v) is 13.0. The van der Waals surface area contributed by atoms with Gasteiger partial charge in [0.05, 0.1) is 6.04 Å². The van der Waals surface area contributed by atoms with Crippen molar-refractivity contribution in [2.24, 2.45) is 52.1 Å². The maximum absolute atomic E-state index is 12.6. The Kier molecular flexibility index (Phi) is 13.3. The van der Waals surface area contributed by atoms with E-state index in [2.05, 4.69) is 51.3 Å². The van der Waals surface area contributed by atoms with E-state index in [1.165, 1.54) is 51.4 Å². The summed E-state index contributed by atoms with van der Waals surface area (Å²) in [6.07, 6.45) is 19.7. The molecule has 0 saturated heterocycles. The highest BCUT2D eigenvalue weighted by molar-refractivity contribution is 5.81. The number of amides is 2. The van der Waals surface area contributed by atoms with E-state index < -0.39 is 6.04 Å². The average molecular weight is 630 g/mol. The van der Waals surface area contributed by atoms with Crippen molar-refractivity contribution in [2.45, 2.75) is 149 Å². The van der Waals surface area contributed by atoms with Gasteiger partial charge in [-0.15, -0.1) is 0 Å². The molecule has 0 aromatic carbocycles. The van der Waals surface area contributed by atoms with E-state index >= 15 is 0 Å². The molecule has 4 aliphatic rings. The van der Waals surface area contributed by atoms with Gasteiger partial charge in [-0.3, -0.25) is 4.79 Å². The van der Waals surface area contributed by atoms with Gasteiger partial charge in [-0.05, 0) is 123 Å². The minimum absolute atomic E-state index is 0.0415. The number of unbranched alkanes of at least 4 members (excludes halogenated alkanes) is 2. The summed E-state index contributed by atoms with van der Waals surface area (Å²) >= 11 is 0. The molecule has 7 nitrogen and oxygen atoms in total. The fourth-order valence-electron chi connectivity index (χ4n) is 10.3. The molecular weight excluding hydrogens is 562 g/mol. The Balaban J connectivity index is 1.20. The summed E-state index contributed by atoms with van der Waals surface area (Å²) < 4.78 is 5.93. The smallest absolute Gasteiger partial charge is 0.407 e. The monoisotopic (exact) mass is 630 g/mol. The quantitative estimate of drug-likeness (QED) is 0.104. The number of ether oxygens (including phenoxy) is 1. The predicted molar refractivity (Wildman–Crippen MR) is 182 cm³/mol. The van der Waals surface area contributed by atoms with Crippen molar-refractivity contribution < 1.29 is 19.4 Å². The number of fused-ring (bicyclic) bond motifs is 5. The summed E-state index contributed by atoms with van der Waals surface area (Å²) in [5.41, 5.74) is 8.32. The Bertz CT molecular complexity index is 999. The Hall–Kier alpha value is -1.60. The minimum atomic E-state index is -0.540. The summed E-state index contributed by atoms with van der Waals surface area (Å²) in [6, 6.07) is -0.540. The highest BCUT2D eigenvalue weighted by atomic mass is 16.6. The molecule has 2 amide bonds. The van der Waals surface area contributed by atoms with Gasteiger partial charge in [0, 0.05) is 26.1 Å². The van der Waals surface area contributed by atoms with Crippen molar-refractivity contribution in [3.8, 4) is 0 Å². The Morgan fingerprint density at radius 3 is 2.44 bits per heavy atom. The van der Waals surface area contributed by atoms with E-state index in [0.29, 0.717) is 31.3 Å². The normalized spacial score (nSPS) is 33.8. The molecule has 0 heterocycles. The molecule has 4 aliphatic carbocycles. The number of nitrogens with one attached hydrogen (secondary N) is 2. The van der Waals surface area contributed by atoms with Gasteiger partial charge in [-0.2, -0.15) is 0 Å². The van der Waals surface area contributed by atoms with Crippen LogP contribution in [0.3, 0.4) is 0 Å². The third kappa shape index (κ3) is 8.86. The molecule has 0 aromatic rings. The molecule has 45 heavy (non-hydrogen) atoms. The molecule has 0 aromatic heterocycles. The number of hydrogen-bond acceptors (Lipinski definition) is 5. The van der Waals surface area contributed by atoms with Crippen LogP contribution in [0, 0.1) is 46.3 Å². The van der Waals surface area contributed by atoms with Gasteiger partial charge in [0.15, 0.2) is 0 Å². The van der Waals surface area contributed by atoms with Crippen molar-refractivity contribution in [1.29, 1.82) is 0 Å². The summed E-state index contributed by atoms with van der Waals surface area (Å²) in [5, 5.41) is 14.6. The molecule has 0 radical (unpaired) electrons. The van der Waals surface area contributed by atoms with Crippen LogP contribution in [0.2, 0.25) is 0 Å². The predicted octanol–water partition coefficient (Wildman–Crippen LogP) is 7.51. The standard InChI is InChI=1S/C38H67N3O4/c1-26(2)11-10-12-27(3)31-16-17-32-30-15-14-28-25-29(18-20-37(28,4)33(30)19-21-38(31,32)5)45-36(44)41-23-7-6-13-34(39)35(43)40-22-8-9-24-42/h14,26-27,29-34,42H,6-13,15-25,39H2,1-5H3,(H,40,43)(H,41,44)/t27-,29+,30+,31-,32+,33+,34?,37+,38-/m1/s1. The zero-order valence-corrected chi connectivity index (χ0v) is 29.4. The van der Waals surface area contributed by atoms with Gasteiger partial charge >= 0.3 is 6.09 Å². The van der Waals surface area contributed by atoms with Gasteiger partial charge in [-0.25, -0.2) is 4.79 Å². The molecule has 0 bridgehead atoms. The van der Waals surface area contributed by atoms with Crippen LogP contribution in [-0.2, 0) is 9.53 Å². The topological polar surface area (TPSA) is 114 Å². The van der Waals surface area contributed by atoms with Crippen molar-refractivity contribution in [3.05, 3.63) is 11.6 Å². The molecule has 4 rings (SSSR count). The number of carbonyl (C=O) groups excluding carboxylic acids is 2. The van der Waals surface area contributed by atoms with Crippen LogP contribution in [0.1, 0.15) is 137 Å². The van der Waals surface area contributed by atoms with Crippen LogP contribution < -0.4 is 16.4 Å². The van der Waals surface area contributed by atoms with Crippen LogP contribution in [0.25, 0.3) is 0 Å². The number of hydrogen-bond donors (Lipinski definition) is 4. The van der Waals surface area contributed by atoms with Crippen LogP contribution in [-0.4, -0.2) is 48.9 Å². The van der Waals surface area contributed by atoms with E-state index in [0.717, 1.165) is 74.0 Å². The Labute approximate surface area is 274 Å². The zero-order valence-electron chi connectivity index (χ0n) is 29.4. The van der Waals surface area contributed by atoms with Crippen molar-refractivity contribution in [2.75, 3.05) is 19.7 Å². The van der Waals surface area contributed by atoms with E-state index in [-0.39, 0.29) is 30.1 Å². The van der Waals surface area contributed by atoms with Crippen LogP contribution in [0.4, 0.5) is 4.79 Å². The van der Waals surface area contributed by atoms with Gasteiger partial charge in [0.25, 0.3) is 0 Å². The lowest BCUT2D eigenvalue weighted by Gasteiger charge is -2.58. The fraction of sp³-hybridized carbons (Fsp3) is 0.895. The molecule has 9 atom stereocenters. The molecule has 258 valence electrons. The number of carbonyl (C=O) groups is 2. The first-order valence-corrected chi connectivity index (χ1v) is 18.8. The van der Waals surface area contributed by atoms with E-state index in [1.807, 2.05) is 0 Å². The molecule has 1 unspecified atom stereocenters. The molecule has 5 N–H and O–H groups in total. The fourth-order valence-corrected chi connectivity index (χ4v) is 10.3. The number of alkyl carbamates (subject to hydrolysis) is 1. The van der Waals surface area contributed by atoms with E-state index in [4.69, 9.17) is 15.6 Å².